The van der Waals surface area contributed by atoms with Crippen LogP contribution in [0.3, 0.4) is 0 Å². The summed E-state index contributed by atoms with van der Waals surface area (Å²) in [5, 5.41) is 1.38. The lowest BCUT2D eigenvalue weighted by atomic mass is 10.2. The van der Waals surface area contributed by atoms with Crippen LogP contribution in [-0.4, -0.2) is 19.1 Å². The van der Waals surface area contributed by atoms with Crippen LogP contribution < -0.4 is 11.2 Å². The van der Waals surface area contributed by atoms with Gasteiger partial charge in [0, 0.05) is 24.4 Å². The molecule has 1 N–H and O–H groups in total. The molecule has 0 amide bonds. The van der Waals surface area contributed by atoms with Gasteiger partial charge in [0.25, 0.3) is 5.56 Å². The molecule has 0 aliphatic heterocycles. The van der Waals surface area contributed by atoms with Gasteiger partial charge in [-0.05, 0) is 24.6 Å². The SMILES string of the molecule is C/C=C\Cn1c(SCc2ccc(Cl)cc2)nc2c1c(=O)[nH]c(=O)n2C. The molecule has 3 rings (SSSR count). The van der Waals surface area contributed by atoms with Crippen molar-refractivity contribution >= 4 is 34.5 Å². The van der Waals surface area contributed by atoms with Crippen molar-refractivity contribution in [3.05, 3.63) is 67.8 Å². The molecule has 8 heteroatoms. The monoisotopic (exact) mass is 376 g/mol. The fourth-order valence-electron chi connectivity index (χ4n) is 2.43. The van der Waals surface area contributed by atoms with Gasteiger partial charge in [-0.15, -0.1) is 0 Å². The number of nitrogens with one attached hydrogen (secondary N) is 1. The number of aromatic nitrogens is 4. The van der Waals surface area contributed by atoms with E-state index in [0.29, 0.717) is 33.6 Å². The van der Waals surface area contributed by atoms with Crippen molar-refractivity contribution in [2.45, 2.75) is 24.4 Å². The Kier molecular flexibility index (Phi) is 5.15. The van der Waals surface area contributed by atoms with E-state index in [1.165, 1.54) is 16.3 Å². The molecular weight excluding hydrogens is 360 g/mol. The van der Waals surface area contributed by atoms with Gasteiger partial charge in [0.2, 0.25) is 0 Å². The van der Waals surface area contributed by atoms with Crippen LogP contribution >= 0.6 is 23.4 Å². The van der Waals surface area contributed by atoms with Crippen molar-refractivity contribution in [2.24, 2.45) is 7.05 Å². The van der Waals surface area contributed by atoms with Crippen molar-refractivity contribution in [1.82, 2.24) is 19.1 Å². The molecule has 0 saturated heterocycles. The highest BCUT2D eigenvalue weighted by Crippen LogP contribution is 2.25. The first kappa shape index (κ1) is 17.6. The molecule has 0 radical (unpaired) electrons. The van der Waals surface area contributed by atoms with Gasteiger partial charge in [-0.2, -0.15) is 0 Å². The maximum atomic E-state index is 12.3. The Morgan fingerprint density at radius 2 is 2.00 bits per heavy atom. The average Bonchev–Trinajstić information content (AvgIpc) is 2.96. The van der Waals surface area contributed by atoms with Crippen LogP contribution in [0.25, 0.3) is 11.2 Å². The van der Waals surface area contributed by atoms with Crippen LogP contribution in [-0.2, 0) is 19.3 Å². The summed E-state index contributed by atoms with van der Waals surface area (Å²) in [4.78, 5) is 31.0. The van der Waals surface area contributed by atoms with Crippen LogP contribution in [0.2, 0.25) is 5.02 Å². The second-order valence-corrected chi connectivity index (χ2v) is 6.86. The van der Waals surface area contributed by atoms with E-state index < -0.39 is 11.2 Å². The van der Waals surface area contributed by atoms with Gasteiger partial charge in [-0.3, -0.25) is 14.3 Å². The fraction of sp³-hybridized carbons (Fsp3) is 0.235. The summed E-state index contributed by atoms with van der Waals surface area (Å²) in [6.45, 7) is 2.43. The Bertz CT molecular complexity index is 1050. The van der Waals surface area contributed by atoms with Gasteiger partial charge >= 0.3 is 5.69 Å². The predicted octanol–water partition coefficient (Wildman–Crippen LogP) is 2.95. The van der Waals surface area contributed by atoms with Crippen LogP contribution in [0.15, 0.2) is 51.2 Å². The molecule has 25 heavy (non-hydrogen) atoms. The van der Waals surface area contributed by atoms with E-state index >= 15 is 0 Å². The minimum absolute atomic E-state index is 0.386. The summed E-state index contributed by atoms with van der Waals surface area (Å²) in [5.41, 5.74) is 0.994. The highest BCUT2D eigenvalue weighted by atomic mass is 35.5. The smallest absolute Gasteiger partial charge is 0.309 e. The Balaban J connectivity index is 2.05. The highest BCUT2D eigenvalue weighted by molar-refractivity contribution is 7.98. The molecule has 0 saturated carbocycles. The normalized spacial score (nSPS) is 11.6. The molecule has 1 aromatic carbocycles. The minimum Gasteiger partial charge on any atom is -0.309 e. The first-order valence-electron chi connectivity index (χ1n) is 7.69. The zero-order valence-corrected chi connectivity index (χ0v) is 15.4. The Labute approximate surface area is 153 Å². The van der Waals surface area contributed by atoms with Crippen LogP contribution in [0.5, 0.6) is 0 Å². The molecule has 0 bridgehead atoms. The Morgan fingerprint density at radius 1 is 1.28 bits per heavy atom. The summed E-state index contributed by atoms with van der Waals surface area (Å²) >= 11 is 7.43. The van der Waals surface area contributed by atoms with Gasteiger partial charge in [0.1, 0.15) is 0 Å². The van der Waals surface area contributed by atoms with E-state index in [1.54, 1.807) is 7.05 Å². The molecule has 6 nitrogen and oxygen atoms in total. The number of hydrogen-bond acceptors (Lipinski definition) is 4. The van der Waals surface area contributed by atoms with E-state index in [1.807, 2.05) is 47.9 Å². The highest BCUT2D eigenvalue weighted by Gasteiger charge is 2.17. The van der Waals surface area contributed by atoms with Crippen molar-refractivity contribution in [1.29, 1.82) is 0 Å². The number of H-pyrrole nitrogens is 1. The molecule has 2 aromatic heterocycles. The number of benzene rings is 1. The number of halogens is 1. The lowest BCUT2D eigenvalue weighted by molar-refractivity contribution is 0.743. The number of imidazole rings is 1. The lowest BCUT2D eigenvalue weighted by Gasteiger charge is -2.06. The van der Waals surface area contributed by atoms with Crippen molar-refractivity contribution in [3.8, 4) is 0 Å². The third-order valence-electron chi connectivity index (χ3n) is 3.78. The predicted molar refractivity (Wildman–Crippen MR) is 101 cm³/mol. The summed E-state index contributed by atoms with van der Waals surface area (Å²) in [7, 11) is 1.60. The van der Waals surface area contributed by atoms with Gasteiger partial charge in [-0.25, -0.2) is 9.78 Å². The van der Waals surface area contributed by atoms with Gasteiger partial charge in [0.15, 0.2) is 16.3 Å². The lowest BCUT2D eigenvalue weighted by Crippen LogP contribution is -2.29. The van der Waals surface area contributed by atoms with E-state index in [9.17, 15) is 9.59 Å². The molecule has 130 valence electrons. The standard InChI is InChI=1S/C17H17ClN4O2S/c1-3-4-9-22-13-14(21(2)16(24)20-15(13)23)19-17(22)25-10-11-5-7-12(18)8-6-11/h3-8H,9-10H2,1-2H3,(H,20,23,24)/b4-3-. The van der Waals surface area contributed by atoms with Gasteiger partial charge in [-0.1, -0.05) is 47.6 Å². The second kappa shape index (κ2) is 7.33. The van der Waals surface area contributed by atoms with Crippen molar-refractivity contribution in [3.63, 3.8) is 0 Å². The molecule has 2 heterocycles. The largest absolute Gasteiger partial charge is 0.329 e. The number of aryl methyl sites for hydroxylation is 1. The number of allylic oxidation sites excluding steroid dienone is 2. The number of aromatic amines is 1. The Hall–Kier alpha value is -2.25. The molecule has 0 unspecified atom stereocenters. The summed E-state index contributed by atoms with van der Waals surface area (Å²) in [6.07, 6.45) is 3.85. The van der Waals surface area contributed by atoms with E-state index in [4.69, 9.17) is 11.6 Å². The zero-order valence-electron chi connectivity index (χ0n) is 13.8. The zero-order chi connectivity index (χ0) is 18.0. The Morgan fingerprint density at radius 3 is 2.68 bits per heavy atom. The van der Waals surface area contributed by atoms with E-state index in [-0.39, 0.29) is 0 Å². The van der Waals surface area contributed by atoms with Crippen LogP contribution in [0.4, 0.5) is 0 Å². The summed E-state index contributed by atoms with van der Waals surface area (Å²) < 4.78 is 3.18. The maximum absolute atomic E-state index is 12.3. The number of fused-ring (bicyclic) bond motifs is 1. The van der Waals surface area contributed by atoms with Crippen molar-refractivity contribution < 1.29 is 0 Å². The topological polar surface area (TPSA) is 72.7 Å². The van der Waals surface area contributed by atoms with Gasteiger partial charge in [0.05, 0.1) is 0 Å². The fourth-order valence-corrected chi connectivity index (χ4v) is 3.52. The van der Waals surface area contributed by atoms with Crippen LogP contribution in [0.1, 0.15) is 12.5 Å². The molecule has 0 aliphatic rings. The van der Waals surface area contributed by atoms with E-state index in [2.05, 4.69) is 9.97 Å². The molecule has 0 atom stereocenters. The average molecular weight is 377 g/mol. The first-order chi connectivity index (χ1) is 12.0. The number of hydrogen-bond donors (Lipinski definition) is 1. The third kappa shape index (κ3) is 3.57. The summed E-state index contributed by atoms with van der Waals surface area (Å²) in [5.74, 6) is 0.683. The summed E-state index contributed by atoms with van der Waals surface area (Å²) in [6, 6.07) is 7.59. The number of nitrogens with zero attached hydrogens (tertiary/aromatic N) is 3. The molecular formula is C17H17ClN4O2S. The van der Waals surface area contributed by atoms with Crippen LogP contribution in [0, 0.1) is 0 Å². The number of thioether (sulfide) groups is 1. The van der Waals surface area contributed by atoms with E-state index in [0.717, 1.165) is 5.56 Å². The molecule has 3 aromatic rings. The first-order valence-corrected chi connectivity index (χ1v) is 9.05. The minimum atomic E-state index is -0.470. The van der Waals surface area contributed by atoms with Gasteiger partial charge < -0.3 is 4.57 Å². The molecule has 0 aliphatic carbocycles. The number of rotatable bonds is 5. The molecule has 0 spiro atoms. The molecule has 0 fully saturated rings. The quantitative estimate of drug-likeness (QED) is 0.549. The second-order valence-electron chi connectivity index (χ2n) is 5.48. The maximum Gasteiger partial charge on any atom is 0.329 e. The van der Waals surface area contributed by atoms with Crippen molar-refractivity contribution in [2.75, 3.05) is 0 Å². The third-order valence-corrected chi connectivity index (χ3v) is 5.08.